The summed E-state index contributed by atoms with van der Waals surface area (Å²) in [6.07, 6.45) is -0.758. The lowest BCUT2D eigenvalue weighted by atomic mass is 9.79. The molecule has 1 saturated heterocycles. The minimum Gasteiger partial charge on any atom is -0.462 e. The molecule has 3 aromatic rings. The first kappa shape index (κ1) is 18.2. The number of aryl methyl sites for hydroxylation is 2. The Morgan fingerprint density at radius 1 is 0.929 bits per heavy atom. The van der Waals surface area contributed by atoms with E-state index in [-0.39, 0.29) is 23.8 Å². The number of carbonyl (C=O) groups is 1. The Kier molecular flexibility index (Phi) is 5.06. The van der Waals surface area contributed by atoms with E-state index in [4.69, 9.17) is 9.47 Å². The van der Waals surface area contributed by atoms with E-state index in [1.54, 1.807) is 0 Å². The highest BCUT2D eigenvalue weighted by Gasteiger charge is 2.45. The van der Waals surface area contributed by atoms with Crippen molar-refractivity contribution in [1.29, 1.82) is 0 Å². The summed E-state index contributed by atoms with van der Waals surface area (Å²) < 4.78 is 11.4. The van der Waals surface area contributed by atoms with Crippen LogP contribution in [0.5, 0.6) is 6.01 Å². The summed E-state index contributed by atoms with van der Waals surface area (Å²) >= 11 is 0. The average Bonchev–Trinajstić information content (AvgIpc) is 3.03. The highest BCUT2D eigenvalue weighted by Crippen LogP contribution is 2.38. The molecule has 0 aliphatic carbocycles. The molecule has 0 radical (unpaired) electrons. The van der Waals surface area contributed by atoms with Crippen LogP contribution in [0, 0.1) is 19.8 Å². The first-order valence-corrected chi connectivity index (χ1v) is 9.37. The van der Waals surface area contributed by atoms with Gasteiger partial charge in [0.25, 0.3) is 0 Å². The molecule has 0 bridgehead atoms. The van der Waals surface area contributed by atoms with E-state index in [0.29, 0.717) is 6.61 Å². The van der Waals surface area contributed by atoms with Crippen LogP contribution in [0.1, 0.15) is 28.4 Å². The Hall–Kier alpha value is -3.21. The van der Waals surface area contributed by atoms with Gasteiger partial charge in [-0.2, -0.15) is 0 Å². The van der Waals surface area contributed by atoms with Crippen molar-refractivity contribution in [2.45, 2.75) is 25.9 Å². The Balaban J connectivity index is 1.71. The summed E-state index contributed by atoms with van der Waals surface area (Å²) in [5.74, 6) is -0.587. The molecule has 2 atom stereocenters. The molecule has 0 saturated carbocycles. The Morgan fingerprint density at radius 2 is 1.46 bits per heavy atom. The number of esters is 1. The first-order chi connectivity index (χ1) is 13.6. The smallest absolute Gasteiger partial charge is 0.347 e. The maximum absolute atomic E-state index is 12.5. The molecule has 28 heavy (non-hydrogen) atoms. The molecule has 2 aromatic carbocycles. The van der Waals surface area contributed by atoms with Crippen molar-refractivity contribution in [3.8, 4) is 6.01 Å². The maximum Gasteiger partial charge on any atom is 0.347 e. The van der Waals surface area contributed by atoms with Gasteiger partial charge in [0.2, 0.25) is 6.10 Å². The third kappa shape index (κ3) is 3.74. The van der Waals surface area contributed by atoms with Crippen molar-refractivity contribution >= 4 is 5.97 Å². The number of aromatic nitrogens is 2. The average molecular weight is 374 g/mol. The van der Waals surface area contributed by atoms with E-state index in [9.17, 15) is 4.79 Å². The monoisotopic (exact) mass is 374 g/mol. The molecule has 1 aliphatic rings. The van der Waals surface area contributed by atoms with Crippen molar-refractivity contribution in [3.05, 3.63) is 89.2 Å². The van der Waals surface area contributed by atoms with Crippen LogP contribution >= 0.6 is 0 Å². The van der Waals surface area contributed by atoms with Crippen molar-refractivity contribution in [2.24, 2.45) is 5.92 Å². The topological polar surface area (TPSA) is 61.3 Å². The molecule has 1 aromatic heterocycles. The van der Waals surface area contributed by atoms with Gasteiger partial charge >= 0.3 is 12.0 Å². The number of nitrogens with zero attached hydrogens (tertiary/aromatic N) is 2. The highest BCUT2D eigenvalue weighted by atomic mass is 16.6. The van der Waals surface area contributed by atoms with Crippen molar-refractivity contribution in [3.63, 3.8) is 0 Å². The van der Waals surface area contributed by atoms with Crippen LogP contribution < -0.4 is 4.74 Å². The second kappa shape index (κ2) is 7.80. The lowest BCUT2D eigenvalue weighted by Gasteiger charge is -2.26. The number of benzene rings is 2. The number of hydrogen-bond acceptors (Lipinski definition) is 5. The quantitative estimate of drug-likeness (QED) is 0.635. The van der Waals surface area contributed by atoms with Crippen LogP contribution in [0.4, 0.5) is 0 Å². The van der Waals surface area contributed by atoms with Gasteiger partial charge in [0.1, 0.15) is 0 Å². The largest absolute Gasteiger partial charge is 0.462 e. The molecule has 4 rings (SSSR count). The second-order valence-corrected chi connectivity index (χ2v) is 7.06. The Bertz CT molecular complexity index is 900. The fourth-order valence-corrected chi connectivity index (χ4v) is 3.80. The van der Waals surface area contributed by atoms with Gasteiger partial charge in [-0.15, -0.1) is 0 Å². The van der Waals surface area contributed by atoms with Crippen LogP contribution in [0.25, 0.3) is 0 Å². The van der Waals surface area contributed by atoms with Gasteiger partial charge in [0, 0.05) is 17.3 Å². The molecule has 2 unspecified atom stereocenters. The molecule has 5 nitrogen and oxygen atoms in total. The van der Waals surface area contributed by atoms with Gasteiger partial charge < -0.3 is 9.47 Å². The zero-order chi connectivity index (χ0) is 19.5. The highest BCUT2D eigenvalue weighted by molar-refractivity contribution is 5.78. The van der Waals surface area contributed by atoms with E-state index in [1.807, 2.05) is 56.3 Å². The molecule has 0 spiro atoms. The van der Waals surface area contributed by atoms with Crippen LogP contribution in [0.2, 0.25) is 0 Å². The second-order valence-electron chi connectivity index (χ2n) is 7.06. The van der Waals surface area contributed by atoms with E-state index >= 15 is 0 Å². The zero-order valence-electron chi connectivity index (χ0n) is 15.9. The fourth-order valence-electron chi connectivity index (χ4n) is 3.80. The maximum atomic E-state index is 12.5. The van der Waals surface area contributed by atoms with Gasteiger partial charge in [0.15, 0.2) is 0 Å². The SMILES string of the molecule is Cc1cc(C)nc(OC2C(=O)OCC2C(c2ccccc2)c2ccccc2)n1. The molecular formula is C23H22N2O3. The summed E-state index contributed by atoms with van der Waals surface area (Å²) in [5, 5.41) is 0. The molecule has 2 heterocycles. The lowest BCUT2D eigenvalue weighted by Crippen LogP contribution is -2.34. The molecule has 0 N–H and O–H groups in total. The van der Waals surface area contributed by atoms with Crippen molar-refractivity contribution in [1.82, 2.24) is 9.97 Å². The van der Waals surface area contributed by atoms with Crippen LogP contribution in [0.15, 0.2) is 66.7 Å². The van der Waals surface area contributed by atoms with Crippen LogP contribution in [-0.4, -0.2) is 28.6 Å². The predicted molar refractivity (Wildman–Crippen MR) is 105 cm³/mol. The van der Waals surface area contributed by atoms with E-state index in [2.05, 4.69) is 34.2 Å². The fraction of sp³-hybridized carbons (Fsp3) is 0.261. The first-order valence-electron chi connectivity index (χ1n) is 9.37. The summed E-state index contributed by atoms with van der Waals surface area (Å²) in [4.78, 5) is 21.2. The molecular weight excluding hydrogens is 352 g/mol. The van der Waals surface area contributed by atoms with Gasteiger partial charge in [-0.25, -0.2) is 14.8 Å². The summed E-state index contributed by atoms with van der Waals surface area (Å²) in [6.45, 7) is 4.05. The number of cyclic esters (lactones) is 1. The number of hydrogen-bond donors (Lipinski definition) is 0. The predicted octanol–water partition coefficient (Wildman–Crippen LogP) is 3.85. The summed E-state index contributed by atoms with van der Waals surface area (Å²) in [5.41, 5.74) is 3.83. The standard InChI is InChI=1S/C23H22N2O3/c1-15-13-16(2)25-23(24-15)28-21-19(14-27-22(21)26)20(17-9-5-3-6-10-17)18-11-7-4-8-12-18/h3-13,19-21H,14H2,1-2H3. The molecule has 142 valence electrons. The van der Waals surface area contributed by atoms with Crippen LogP contribution in [0.3, 0.4) is 0 Å². The normalized spacial score (nSPS) is 18.9. The van der Waals surface area contributed by atoms with Crippen LogP contribution in [-0.2, 0) is 9.53 Å². The number of rotatable bonds is 5. The Morgan fingerprint density at radius 3 is 2.00 bits per heavy atom. The van der Waals surface area contributed by atoms with Gasteiger partial charge in [-0.3, -0.25) is 0 Å². The third-order valence-corrected chi connectivity index (χ3v) is 4.98. The summed E-state index contributed by atoms with van der Waals surface area (Å²) in [7, 11) is 0. The number of carbonyl (C=O) groups excluding carboxylic acids is 1. The molecule has 1 aliphatic heterocycles. The molecule has 0 amide bonds. The minimum atomic E-state index is -0.758. The van der Waals surface area contributed by atoms with E-state index in [0.717, 1.165) is 22.5 Å². The molecule has 5 heteroatoms. The molecule has 1 fully saturated rings. The van der Waals surface area contributed by atoms with Gasteiger partial charge in [0.05, 0.1) is 12.5 Å². The lowest BCUT2D eigenvalue weighted by molar-refractivity contribution is -0.143. The van der Waals surface area contributed by atoms with Crippen molar-refractivity contribution in [2.75, 3.05) is 6.61 Å². The van der Waals surface area contributed by atoms with Gasteiger partial charge in [-0.05, 0) is 31.0 Å². The zero-order valence-corrected chi connectivity index (χ0v) is 15.9. The summed E-state index contributed by atoms with van der Waals surface area (Å²) in [6, 6.07) is 22.4. The van der Waals surface area contributed by atoms with Crippen molar-refractivity contribution < 1.29 is 14.3 Å². The van der Waals surface area contributed by atoms with Gasteiger partial charge in [-0.1, -0.05) is 60.7 Å². The Labute approximate surface area is 164 Å². The minimum absolute atomic E-state index is 0.0373. The van der Waals surface area contributed by atoms with E-state index in [1.165, 1.54) is 0 Å². The van der Waals surface area contributed by atoms with E-state index < -0.39 is 6.10 Å². The number of ether oxygens (including phenoxy) is 2. The third-order valence-electron chi connectivity index (χ3n) is 4.98.